The van der Waals surface area contributed by atoms with Gasteiger partial charge in [0.2, 0.25) is 5.82 Å². The molecule has 0 bridgehead atoms. The largest absolute Gasteiger partial charge is 0.471 e. The molecule has 27 heavy (non-hydrogen) atoms. The number of pyridine rings is 1. The molecule has 0 spiro atoms. The maximum absolute atomic E-state index is 12.6. The van der Waals surface area contributed by atoms with E-state index in [-0.39, 0.29) is 5.82 Å². The Kier molecular flexibility index (Phi) is 4.56. The van der Waals surface area contributed by atoms with Crippen molar-refractivity contribution >= 4 is 29.0 Å². The van der Waals surface area contributed by atoms with Crippen LogP contribution in [0.3, 0.4) is 0 Å². The van der Waals surface area contributed by atoms with Crippen LogP contribution in [0.15, 0.2) is 58.2 Å². The maximum Gasteiger partial charge on any atom is 0.471 e. The predicted octanol–water partition coefficient (Wildman–Crippen LogP) is 5.35. The molecule has 3 heterocycles. The zero-order valence-electron chi connectivity index (χ0n) is 13.4. The number of benzene rings is 1. The number of hydrogen-bond acceptors (Lipinski definition) is 5. The molecule has 0 amide bonds. The van der Waals surface area contributed by atoms with E-state index in [1.807, 2.05) is 30.5 Å². The van der Waals surface area contributed by atoms with Crippen LogP contribution in [0.2, 0.25) is 5.02 Å². The number of fused-ring (bicyclic) bond motifs is 1. The normalized spacial score (nSPS) is 12.0. The van der Waals surface area contributed by atoms with Crippen LogP contribution in [-0.2, 0) is 11.9 Å². The van der Waals surface area contributed by atoms with Crippen LogP contribution in [0.1, 0.15) is 11.6 Å². The molecule has 0 aliphatic heterocycles. The van der Waals surface area contributed by atoms with Gasteiger partial charge in [0, 0.05) is 33.6 Å². The minimum atomic E-state index is -4.67. The summed E-state index contributed by atoms with van der Waals surface area (Å²) in [7, 11) is 0. The predicted molar refractivity (Wildman–Crippen MR) is 94.5 cm³/mol. The fourth-order valence-corrected chi connectivity index (χ4v) is 3.30. The van der Waals surface area contributed by atoms with Gasteiger partial charge in [0.15, 0.2) is 0 Å². The quantitative estimate of drug-likeness (QED) is 0.424. The van der Waals surface area contributed by atoms with Crippen LogP contribution in [0.4, 0.5) is 13.2 Å². The molecule has 4 rings (SSSR count). The van der Waals surface area contributed by atoms with E-state index >= 15 is 0 Å². The fourth-order valence-electron chi connectivity index (χ4n) is 2.39. The minimum absolute atomic E-state index is 0.134. The fraction of sp³-hybridized carbons (Fsp3) is 0.118. The van der Waals surface area contributed by atoms with Crippen molar-refractivity contribution in [2.45, 2.75) is 16.8 Å². The van der Waals surface area contributed by atoms with Crippen LogP contribution >= 0.6 is 23.4 Å². The second-order valence-electron chi connectivity index (χ2n) is 5.58. The summed E-state index contributed by atoms with van der Waals surface area (Å²) < 4.78 is 43.8. The van der Waals surface area contributed by atoms with E-state index in [1.165, 1.54) is 0 Å². The molecule has 1 aromatic carbocycles. The Morgan fingerprint density at radius 2 is 1.89 bits per heavy atom. The second-order valence-corrected chi connectivity index (χ2v) is 7.06. The first-order valence-corrected chi connectivity index (χ1v) is 9.02. The molecule has 0 N–H and O–H groups in total. The Morgan fingerprint density at radius 1 is 1.11 bits per heavy atom. The Morgan fingerprint density at radius 3 is 2.59 bits per heavy atom. The van der Waals surface area contributed by atoms with Crippen molar-refractivity contribution in [2.24, 2.45) is 0 Å². The maximum atomic E-state index is 12.6. The Labute approximate surface area is 160 Å². The van der Waals surface area contributed by atoms with Gasteiger partial charge in [-0.1, -0.05) is 16.8 Å². The van der Waals surface area contributed by atoms with Crippen molar-refractivity contribution in [2.75, 3.05) is 0 Å². The highest BCUT2D eigenvalue weighted by Crippen LogP contribution is 2.30. The van der Waals surface area contributed by atoms with Crippen molar-refractivity contribution in [3.8, 4) is 11.4 Å². The number of halogens is 4. The van der Waals surface area contributed by atoms with E-state index in [9.17, 15) is 13.2 Å². The molecule has 138 valence electrons. The minimum Gasteiger partial charge on any atom is -0.329 e. The van der Waals surface area contributed by atoms with Gasteiger partial charge < -0.3 is 8.92 Å². The summed E-state index contributed by atoms with van der Waals surface area (Å²) in [6.45, 7) is 0. The number of imidazole rings is 1. The number of aromatic nitrogens is 4. The molecule has 10 heteroatoms. The van der Waals surface area contributed by atoms with E-state index in [1.54, 1.807) is 34.5 Å². The van der Waals surface area contributed by atoms with Crippen LogP contribution in [0.5, 0.6) is 0 Å². The number of rotatable bonds is 4. The van der Waals surface area contributed by atoms with Crippen molar-refractivity contribution < 1.29 is 17.7 Å². The highest BCUT2D eigenvalue weighted by Gasteiger charge is 2.38. The van der Waals surface area contributed by atoms with E-state index in [4.69, 9.17) is 11.6 Å². The zero-order valence-corrected chi connectivity index (χ0v) is 15.0. The lowest BCUT2D eigenvalue weighted by atomic mass is 10.2. The molecule has 4 aromatic rings. The third-order valence-electron chi connectivity index (χ3n) is 3.64. The topological polar surface area (TPSA) is 56.2 Å². The molecule has 0 saturated carbocycles. The summed E-state index contributed by atoms with van der Waals surface area (Å²) in [6.07, 6.45) is -1.12. The number of thioether (sulfide) groups is 1. The molecular formula is C17H10ClF3N4OS. The molecule has 0 aliphatic rings. The third kappa shape index (κ3) is 3.93. The first kappa shape index (κ1) is 17.9. The summed E-state index contributed by atoms with van der Waals surface area (Å²) in [5.74, 6) is -0.871. The van der Waals surface area contributed by atoms with E-state index in [0.29, 0.717) is 22.0 Å². The summed E-state index contributed by atoms with van der Waals surface area (Å²) >= 11 is 7.47. The van der Waals surface area contributed by atoms with Gasteiger partial charge >= 0.3 is 12.1 Å². The summed E-state index contributed by atoms with van der Waals surface area (Å²) in [5.41, 5.74) is 1.80. The number of alkyl halides is 3. The average molecular weight is 411 g/mol. The smallest absolute Gasteiger partial charge is 0.329 e. The zero-order chi connectivity index (χ0) is 19.0. The van der Waals surface area contributed by atoms with Gasteiger partial charge in [0.05, 0.1) is 5.69 Å². The molecule has 5 nitrogen and oxygen atoms in total. The summed E-state index contributed by atoms with van der Waals surface area (Å²) in [6, 6.07) is 10.7. The van der Waals surface area contributed by atoms with Crippen LogP contribution in [0, 0.1) is 0 Å². The van der Waals surface area contributed by atoms with Gasteiger partial charge in [0.1, 0.15) is 5.65 Å². The molecule has 0 fully saturated rings. The molecule has 0 saturated heterocycles. The van der Waals surface area contributed by atoms with Gasteiger partial charge in [0.25, 0.3) is 0 Å². The van der Waals surface area contributed by atoms with Gasteiger partial charge in [-0.15, -0.1) is 11.8 Å². The molecular weight excluding hydrogens is 401 g/mol. The van der Waals surface area contributed by atoms with Crippen molar-refractivity contribution in [1.82, 2.24) is 19.5 Å². The molecule has 0 atom stereocenters. The van der Waals surface area contributed by atoms with Gasteiger partial charge in [-0.2, -0.15) is 18.2 Å². The monoisotopic (exact) mass is 410 g/mol. The second kappa shape index (κ2) is 6.90. The Balaban J connectivity index is 1.54. The lowest BCUT2D eigenvalue weighted by Gasteiger charge is -1.98. The Bertz CT molecular complexity index is 1090. The highest BCUT2D eigenvalue weighted by molar-refractivity contribution is 7.98. The number of nitrogens with zero attached hydrogens (tertiary/aromatic N) is 4. The van der Waals surface area contributed by atoms with Gasteiger partial charge in [-0.3, -0.25) is 0 Å². The summed E-state index contributed by atoms with van der Waals surface area (Å²) in [5, 5.41) is 4.07. The average Bonchev–Trinajstić information content (AvgIpc) is 3.27. The van der Waals surface area contributed by atoms with Crippen LogP contribution < -0.4 is 0 Å². The highest BCUT2D eigenvalue weighted by atomic mass is 35.5. The van der Waals surface area contributed by atoms with E-state index < -0.39 is 12.1 Å². The van der Waals surface area contributed by atoms with E-state index in [0.717, 1.165) is 10.6 Å². The Hall–Kier alpha value is -2.52. The lowest BCUT2D eigenvalue weighted by molar-refractivity contribution is -0.159. The molecule has 0 radical (unpaired) electrons. The third-order valence-corrected chi connectivity index (χ3v) is 4.93. The van der Waals surface area contributed by atoms with Crippen molar-refractivity contribution in [3.63, 3.8) is 0 Å². The van der Waals surface area contributed by atoms with Crippen LogP contribution in [-0.4, -0.2) is 19.5 Å². The first-order chi connectivity index (χ1) is 12.9. The van der Waals surface area contributed by atoms with Crippen molar-refractivity contribution in [3.05, 3.63) is 65.4 Å². The number of hydrogen-bond donors (Lipinski definition) is 0. The van der Waals surface area contributed by atoms with E-state index in [2.05, 4.69) is 19.6 Å². The van der Waals surface area contributed by atoms with Crippen LogP contribution in [0.25, 0.3) is 17.0 Å². The SMILES string of the molecule is FC(F)(F)c1nc(-c2ccn3cc(CSc4ccc(Cl)cc4)nc3c2)no1. The summed E-state index contributed by atoms with van der Waals surface area (Å²) in [4.78, 5) is 8.95. The lowest BCUT2D eigenvalue weighted by Crippen LogP contribution is -2.04. The molecule has 0 unspecified atom stereocenters. The van der Waals surface area contributed by atoms with Gasteiger partial charge in [-0.05, 0) is 36.4 Å². The molecule has 0 aliphatic carbocycles. The first-order valence-electron chi connectivity index (χ1n) is 7.66. The standard InChI is InChI=1S/C17H10ClF3N4OS/c18-11-1-3-13(4-2-11)27-9-12-8-25-6-5-10(7-14(25)22-12)15-23-16(26-24-15)17(19,20)21/h1-8H,9H2. The van der Waals surface area contributed by atoms with Gasteiger partial charge in [-0.25, -0.2) is 4.98 Å². The van der Waals surface area contributed by atoms with Crippen molar-refractivity contribution in [1.29, 1.82) is 0 Å². The molecule has 3 aromatic heterocycles.